The van der Waals surface area contributed by atoms with Gasteiger partial charge in [0.2, 0.25) is 0 Å². The van der Waals surface area contributed by atoms with Crippen molar-refractivity contribution >= 4 is 21.4 Å². The molecule has 0 aliphatic rings. The van der Waals surface area contributed by atoms with Crippen molar-refractivity contribution in [3.05, 3.63) is 20.8 Å². The summed E-state index contributed by atoms with van der Waals surface area (Å²) in [5.74, 6) is 0. The molecule has 0 aliphatic carbocycles. The Kier molecular flexibility index (Phi) is 4.65. The molecule has 0 unspecified atom stereocenters. The second kappa shape index (κ2) is 5.55. The molecule has 0 fully saturated rings. The Hall–Kier alpha value is -0.500. The van der Waals surface area contributed by atoms with E-state index in [1.807, 2.05) is 17.6 Å². The number of sulfonamides is 1. The van der Waals surface area contributed by atoms with Gasteiger partial charge in [-0.05, 0) is 6.92 Å². The van der Waals surface area contributed by atoms with Crippen LogP contribution in [0, 0.1) is 6.92 Å². The van der Waals surface area contributed by atoms with Crippen molar-refractivity contribution in [2.24, 2.45) is 0 Å². The first-order valence-corrected chi connectivity index (χ1v) is 7.31. The van der Waals surface area contributed by atoms with Crippen molar-refractivity contribution in [1.82, 2.24) is 4.98 Å². The van der Waals surface area contributed by atoms with Gasteiger partial charge in [-0.15, -0.1) is 11.3 Å². The van der Waals surface area contributed by atoms with Crippen LogP contribution in [0.25, 0.3) is 4.72 Å². The first kappa shape index (κ1) is 12.6. The van der Waals surface area contributed by atoms with E-state index < -0.39 is 10.0 Å². The summed E-state index contributed by atoms with van der Waals surface area (Å²) in [6, 6.07) is 0. The number of aryl methyl sites for hydroxylation is 1. The van der Waals surface area contributed by atoms with E-state index in [1.54, 1.807) is 11.3 Å². The maximum Gasteiger partial charge on any atom is 0.119 e. The Morgan fingerprint density at radius 1 is 1.60 bits per heavy atom. The molecule has 0 aliphatic heterocycles. The largest absolute Gasteiger partial charge is 0.545 e. The first-order chi connectivity index (χ1) is 6.97. The standard InChI is InChI=1S/C8H14N3O2S2/c1-7-11-8(6-14-7)5-9-3-4-10-15(2,12)13/h6,9H,3-5H2,1-2H3/q-1/p+1. The number of rotatable bonds is 6. The summed E-state index contributed by atoms with van der Waals surface area (Å²) in [5.41, 5.74) is 1.04. The molecule has 0 aromatic carbocycles. The average molecular weight is 249 g/mol. The highest BCUT2D eigenvalue weighted by molar-refractivity contribution is 7.93. The summed E-state index contributed by atoms with van der Waals surface area (Å²) in [6.45, 7) is 3.75. The highest BCUT2D eigenvalue weighted by atomic mass is 32.2. The summed E-state index contributed by atoms with van der Waals surface area (Å²) >= 11 is 1.62. The van der Waals surface area contributed by atoms with E-state index in [4.69, 9.17) is 0 Å². The maximum atomic E-state index is 10.7. The van der Waals surface area contributed by atoms with Gasteiger partial charge in [0, 0.05) is 11.6 Å². The maximum absolute atomic E-state index is 10.7. The molecule has 0 saturated heterocycles. The van der Waals surface area contributed by atoms with Crippen LogP contribution < -0.4 is 5.32 Å². The van der Waals surface area contributed by atoms with Crippen molar-refractivity contribution < 1.29 is 13.7 Å². The Labute approximate surface area is 94.0 Å². The fraction of sp³-hybridized carbons (Fsp3) is 0.625. The lowest BCUT2D eigenvalue weighted by Gasteiger charge is -2.14. The summed E-state index contributed by atoms with van der Waals surface area (Å²) in [4.78, 5) is 4.30. The predicted octanol–water partition coefficient (Wildman–Crippen LogP) is -0.152. The van der Waals surface area contributed by atoms with Gasteiger partial charge in [0.15, 0.2) is 0 Å². The zero-order chi connectivity index (χ0) is 11.3. The normalized spacial score (nSPS) is 11.9. The molecule has 1 rings (SSSR count). The number of hydrogen-bond donors (Lipinski definition) is 1. The van der Waals surface area contributed by atoms with Gasteiger partial charge in [0.25, 0.3) is 0 Å². The Bertz CT molecular complexity index is 400. The third-order valence-electron chi connectivity index (χ3n) is 1.68. The molecule has 0 radical (unpaired) electrons. The topological polar surface area (TPSA) is 77.7 Å². The second-order valence-electron chi connectivity index (χ2n) is 3.23. The molecule has 1 aromatic rings. The van der Waals surface area contributed by atoms with E-state index in [0.29, 0.717) is 13.1 Å². The third kappa shape index (κ3) is 5.83. The molecule has 0 atom stereocenters. The number of thiazole rings is 1. The van der Waals surface area contributed by atoms with E-state index in [2.05, 4.69) is 9.71 Å². The van der Waals surface area contributed by atoms with Crippen molar-refractivity contribution in [3.8, 4) is 0 Å². The number of quaternary nitrogens is 1. The van der Waals surface area contributed by atoms with E-state index in [1.165, 1.54) is 0 Å². The SMILES string of the molecule is Cc1nc(C[NH2+]CC[N-]S(C)(=O)=O)cs1. The van der Waals surface area contributed by atoms with Gasteiger partial charge in [0.1, 0.15) is 12.2 Å². The molecule has 1 heterocycles. The summed E-state index contributed by atoms with van der Waals surface area (Å²) < 4.78 is 24.9. The Morgan fingerprint density at radius 2 is 2.33 bits per heavy atom. The molecule has 0 bridgehead atoms. The average Bonchev–Trinajstić information content (AvgIpc) is 2.49. The number of aromatic nitrogens is 1. The summed E-state index contributed by atoms with van der Waals surface area (Å²) in [5, 5.41) is 5.07. The zero-order valence-corrected chi connectivity index (χ0v) is 10.4. The van der Waals surface area contributed by atoms with Crippen molar-refractivity contribution in [3.63, 3.8) is 0 Å². The van der Waals surface area contributed by atoms with Crippen LogP contribution >= 0.6 is 11.3 Å². The summed E-state index contributed by atoms with van der Waals surface area (Å²) in [6.07, 6.45) is 1.11. The molecule has 15 heavy (non-hydrogen) atoms. The number of nitrogens with two attached hydrogens (primary N) is 1. The van der Waals surface area contributed by atoms with Gasteiger partial charge in [-0.25, -0.2) is 13.4 Å². The van der Waals surface area contributed by atoms with Gasteiger partial charge in [-0.2, -0.15) is 0 Å². The summed E-state index contributed by atoms with van der Waals surface area (Å²) in [7, 11) is -3.17. The monoisotopic (exact) mass is 249 g/mol. The molecule has 7 heteroatoms. The Morgan fingerprint density at radius 3 is 2.87 bits per heavy atom. The molecule has 0 saturated carbocycles. The van der Waals surface area contributed by atoms with E-state index >= 15 is 0 Å². The Balaban J connectivity index is 2.12. The molecule has 0 spiro atoms. The van der Waals surface area contributed by atoms with Crippen LogP contribution in [0.1, 0.15) is 10.7 Å². The van der Waals surface area contributed by atoms with Crippen LogP contribution in [-0.2, 0) is 16.6 Å². The van der Waals surface area contributed by atoms with Crippen LogP contribution in [0.5, 0.6) is 0 Å². The molecule has 1 aromatic heterocycles. The molecular weight excluding hydrogens is 234 g/mol. The molecule has 2 N–H and O–H groups in total. The quantitative estimate of drug-likeness (QED) is 0.712. The lowest BCUT2D eigenvalue weighted by Crippen LogP contribution is -2.83. The van der Waals surface area contributed by atoms with Gasteiger partial charge >= 0.3 is 0 Å². The first-order valence-electron chi connectivity index (χ1n) is 4.59. The van der Waals surface area contributed by atoms with Crippen molar-refractivity contribution in [1.29, 1.82) is 0 Å². The van der Waals surface area contributed by atoms with Gasteiger partial charge in [-0.3, -0.25) is 0 Å². The molecule has 5 nitrogen and oxygen atoms in total. The van der Waals surface area contributed by atoms with E-state index in [0.717, 1.165) is 23.5 Å². The fourth-order valence-electron chi connectivity index (χ4n) is 1.06. The lowest BCUT2D eigenvalue weighted by atomic mass is 10.5. The lowest BCUT2D eigenvalue weighted by molar-refractivity contribution is -0.668. The molecule has 0 amide bonds. The van der Waals surface area contributed by atoms with Crippen LogP contribution in [0.4, 0.5) is 0 Å². The number of nitrogens with zero attached hydrogens (tertiary/aromatic N) is 2. The van der Waals surface area contributed by atoms with E-state index in [-0.39, 0.29) is 0 Å². The van der Waals surface area contributed by atoms with Crippen LogP contribution in [0.3, 0.4) is 0 Å². The van der Waals surface area contributed by atoms with Crippen LogP contribution in [0.15, 0.2) is 5.38 Å². The predicted molar refractivity (Wildman–Crippen MR) is 60.4 cm³/mol. The van der Waals surface area contributed by atoms with Crippen molar-refractivity contribution in [2.75, 3.05) is 19.3 Å². The minimum atomic E-state index is -3.17. The zero-order valence-electron chi connectivity index (χ0n) is 8.80. The van der Waals surface area contributed by atoms with Gasteiger partial charge in [-0.1, -0.05) is 6.54 Å². The highest BCUT2D eigenvalue weighted by Gasteiger charge is 1.98. The fourth-order valence-corrected chi connectivity index (χ4v) is 2.12. The van der Waals surface area contributed by atoms with Crippen LogP contribution in [-0.4, -0.2) is 32.7 Å². The molecular formula is C8H15N3O2S2. The van der Waals surface area contributed by atoms with E-state index in [9.17, 15) is 8.42 Å². The highest BCUT2D eigenvalue weighted by Crippen LogP contribution is 2.05. The van der Waals surface area contributed by atoms with Gasteiger partial charge < -0.3 is 10.0 Å². The minimum Gasteiger partial charge on any atom is -0.545 e. The number of hydrogen-bond acceptors (Lipinski definition) is 4. The second-order valence-corrected chi connectivity index (χ2v) is 6.01. The molecule has 86 valence electrons. The minimum absolute atomic E-state index is 0.335. The van der Waals surface area contributed by atoms with Gasteiger partial charge in [0.05, 0.1) is 21.6 Å². The smallest absolute Gasteiger partial charge is 0.119 e. The third-order valence-corrected chi connectivity index (χ3v) is 3.15. The van der Waals surface area contributed by atoms with Crippen LogP contribution in [0.2, 0.25) is 0 Å². The van der Waals surface area contributed by atoms with Crippen molar-refractivity contribution in [2.45, 2.75) is 13.5 Å².